The average Bonchev–Trinajstić information content (AvgIpc) is 3.02. The van der Waals surface area contributed by atoms with Gasteiger partial charge in [-0.15, -0.1) is 30.6 Å². The molecule has 0 aliphatic carbocycles. The first-order chi connectivity index (χ1) is 9.85. The van der Waals surface area contributed by atoms with Gasteiger partial charge in [-0.2, -0.15) is 0 Å². The number of guanidine groups is 1. The SMILES string of the molecule is C=CCNC(=NC)NCc1ccccc1-n1ccnc1.I. The van der Waals surface area contributed by atoms with Crippen molar-refractivity contribution in [3.05, 3.63) is 61.2 Å². The van der Waals surface area contributed by atoms with Crippen LogP contribution in [-0.2, 0) is 6.54 Å². The van der Waals surface area contributed by atoms with E-state index in [9.17, 15) is 0 Å². The van der Waals surface area contributed by atoms with Gasteiger partial charge in [-0.05, 0) is 11.6 Å². The molecule has 0 saturated carbocycles. The fourth-order valence-electron chi connectivity index (χ4n) is 1.88. The summed E-state index contributed by atoms with van der Waals surface area (Å²) in [6, 6.07) is 8.20. The van der Waals surface area contributed by atoms with Crippen molar-refractivity contribution >= 4 is 29.9 Å². The van der Waals surface area contributed by atoms with E-state index in [2.05, 4.69) is 39.3 Å². The maximum absolute atomic E-state index is 4.16. The van der Waals surface area contributed by atoms with Gasteiger partial charge in [0.2, 0.25) is 0 Å². The van der Waals surface area contributed by atoms with Crippen LogP contribution in [0.3, 0.4) is 0 Å². The van der Waals surface area contributed by atoms with Crippen LogP contribution in [0, 0.1) is 0 Å². The summed E-state index contributed by atoms with van der Waals surface area (Å²) in [7, 11) is 1.75. The summed E-state index contributed by atoms with van der Waals surface area (Å²) < 4.78 is 2.00. The van der Waals surface area contributed by atoms with Crippen molar-refractivity contribution in [2.45, 2.75) is 6.54 Å². The molecular weight excluding hydrogens is 377 g/mol. The van der Waals surface area contributed by atoms with Crippen LogP contribution < -0.4 is 10.6 Å². The summed E-state index contributed by atoms with van der Waals surface area (Å²) in [5.74, 6) is 0.755. The molecule has 0 saturated heterocycles. The Kier molecular flexibility index (Phi) is 7.52. The monoisotopic (exact) mass is 397 g/mol. The molecule has 2 N–H and O–H groups in total. The second kappa shape index (κ2) is 9.17. The van der Waals surface area contributed by atoms with Gasteiger partial charge in [-0.1, -0.05) is 24.3 Å². The molecule has 2 rings (SSSR count). The molecule has 6 heteroatoms. The van der Waals surface area contributed by atoms with Crippen LogP contribution in [0.1, 0.15) is 5.56 Å². The molecular formula is C15H20IN5. The number of rotatable bonds is 5. The first kappa shape index (κ1) is 17.2. The number of hydrogen-bond donors (Lipinski definition) is 2. The number of nitrogens with zero attached hydrogens (tertiary/aromatic N) is 3. The second-order valence-electron chi connectivity index (χ2n) is 4.19. The van der Waals surface area contributed by atoms with E-state index in [-0.39, 0.29) is 24.0 Å². The van der Waals surface area contributed by atoms with Crippen molar-refractivity contribution in [1.82, 2.24) is 20.2 Å². The van der Waals surface area contributed by atoms with Gasteiger partial charge >= 0.3 is 0 Å². The quantitative estimate of drug-likeness (QED) is 0.353. The van der Waals surface area contributed by atoms with Gasteiger partial charge < -0.3 is 15.2 Å². The van der Waals surface area contributed by atoms with Crippen molar-refractivity contribution in [2.24, 2.45) is 4.99 Å². The Bertz CT molecular complexity index is 578. The van der Waals surface area contributed by atoms with E-state index >= 15 is 0 Å². The van der Waals surface area contributed by atoms with Crippen molar-refractivity contribution < 1.29 is 0 Å². The van der Waals surface area contributed by atoms with Gasteiger partial charge in [0, 0.05) is 32.5 Å². The van der Waals surface area contributed by atoms with Gasteiger partial charge in [0.15, 0.2) is 5.96 Å². The zero-order chi connectivity index (χ0) is 14.2. The number of imidazole rings is 1. The van der Waals surface area contributed by atoms with E-state index in [0.717, 1.165) is 11.6 Å². The van der Waals surface area contributed by atoms with Crippen LogP contribution in [0.4, 0.5) is 0 Å². The van der Waals surface area contributed by atoms with Gasteiger partial charge in [0.05, 0.1) is 12.0 Å². The first-order valence-electron chi connectivity index (χ1n) is 6.47. The van der Waals surface area contributed by atoms with Crippen LogP contribution in [0.2, 0.25) is 0 Å². The van der Waals surface area contributed by atoms with E-state index in [1.807, 2.05) is 22.9 Å². The van der Waals surface area contributed by atoms with E-state index in [4.69, 9.17) is 0 Å². The van der Waals surface area contributed by atoms with Crippen molar-refractivity contribution in [1.29, 1.82) is 0 Å². The molecule has 0 aliphatic rings. The largest absolute Gasteiger partial charge is 0.353 e. The van der Waals surface area contributed by atoms with Gasteiger partial charge in [-0.25, -0.2) is 4.98 Å². The van der Waals surface area contributed by atoms with E-state index in [0.29, 0.717) is 13.1 Å². The minimum Gasteiger partial charge on any atom is -0.353 e. The van der Waals surface area contributed by atoms with E-state index in [1.54, 1.807) is 25.6 Å². The van der Waals surface area contributed by atoms with Crippen LogP contribution in [-0.4, -0.2) is 29.1 Å². The summed E-state index contributed by atoms with van der Waals surface area (Å²) >= 11 is 0. The smallest absolute Gasteiger partial charge is 0.191 e. The van der Waals surface area contributed by atoms with Crippen molar-refractivity contribution in [3.63, 3.8) is 0 Å². The second-order valence-corrected chi connectivity index (χ2v) is 4.19. The zero-order valence-corrected chi connectivity index (χ0v) is 14.3. The molecule has 5 nitrogen and oxygen atoms in total. The lowest BCUT2D eigenvalue weighted by molar-refractivity contribution is 0.837. The molecule has 0 spiro atoms. The van der Waals surface area contributed by atoms with Gasteiger partial charge in [0.25, 0.3) is 0 Å². The fourth-order valence-corrected chi connectivity index (χ4v) is 1.88. The summed E-state index contributed by atoms with van der Waals surface area (Å²) in [5, 5.41) is 6.43. The lowest BCUT2D eigenvalue weighted by Gasteiger charge is -2.13. The van der Waals surface area contributed by atoms with Crippen LogP contribution in [0.15, 0.2) is 60.6 Å². The predicted octanol–water partition coefficient (Wildman–Crippen LogP) is 2.34. The summed E-state index contributed by atoms with van der Waals surface area (Å²) in [4.78, 5) is 8.25. The van der Waals surface area contributed by atoms with E-state index in [1.165, 1.54) is 5.56 Å². The lowest BCUT2D eigenvalue weighted by Crippen LogP contribution is -2.36. The Morgan fingerprint density at radius 1 is 1.38 bits per heavy atom. The molecule has 21 heavy (non-hydrogen) atoms. The van der Waals surface area contributed by atoms with Gasteiger partial charge in [-0.3, -0.25) is 4.99 Å². The van der Waals surface area contributed by atoms with Gasteiger partial charge in [0.1, 0.15) is 0 Å². The highest BCUT2D eigenvalue weighted by atomic mass is 127. The highest BCUT2D eigenvalue weighted by Gasteiger charge is 2.04. The number of nitrogens with one attached hydrogen (secondary N) is 2. The third-order valence-corrected chi connectivity index (χ3v) is 2.86. The highest BCUT2D eigenvalue weighted by Crippen LogP contribution is 2.13. The number of aromatic nitrogens is 2. The summed E-state index contributed by atoms with van der Waals surface area (Å²) in [6.45, 7) is 5.05. The molecule has 112 valence electrons. The van der Waals surface area contributed by atoms with E-state index < -0.39 is 0 Å². The third kappa shape index (κ3) is 4.89. The maximum atomic E-state index is 4.16. The van der Waals surface area contributed by atoms with Crippen molar-refractivity contribution in [2.75, 3.05) is 13.6 Å². The Morgan fingerprint density at radius 2 is 2.19 bits per heavy atom. The molecule has 0 amide bonds. The number of aliphatic imine (C=N–C) groups is 1. The topological polar surface area (TPSA) is 54.2 Å². The predicted molar refractivity (Wildman–Crippen MR) is 97.4 cm³/mol. The average molecular weight is 397 g/mol. The lowest BCUT2D eigenvalue weighted by atomic mass is 10.1. The number of hydrogen-bond acceptors (Lipinski definition) is 2. The molecule has 0 fully saturated rings. The third-order valence-electron chi connectivity index (χ3n) is 2.86. The Labute approximate surface area is 142 Å². The maximum Gasteiger partial charge on any atom is 0.191 e. The summed E-state index contributed by atoms with van der Waals surface area (Å²) in [6.07, 6.45) is 7.30. The van der Waals surface area contributed by atoms with Crippen LogP contribution in [0.5, 0.6) is 0 Å². The Balaban J connectivity index is 0.00000220. The van der Waals surface area contributed by atoms with Crippen LogP contribution >= 0.6 is 24.0 Å². The Morgan fingerprint density at radius 3 is 2.86 bits per heavy atom. The molecule has 2 aromatic rings. The molecule has 0 unspecified atom stereocenters. The first-order valence-corrected chi connectivity index (χ1v) is 6.47. The molecule has 0 atom stereocenters. The molecule has 1 aromatic heterocycles. The molecule has 0 aliphatic heterocycles. The number of para-hydroxylation sites is 1. The van der Waals surface area contributed by atoms with Crippen LogP contribution in [0.25, 0.3) is 5.69 Å². The minimum absolute atomic E-state index is 0. The Hall–Kier alpha value is -1.83. The fraction of sp³-hybridized carbons (Fsp3) is 0.200. The molecule has 1 heterocycles. The number of halogens is 1. The number of benzene rings is 1. The minimum atomic E-state index is 0. The molecule has 1 aromatic carbocycles. The van der Waals surface area contributed by atoms with Crippen molar-refractivity contribution in [3.8, 4) is 5.69 Å². The standard InChI is InChI=1S/C15H19N5.HI/c1-3-8-18-15(16-2)19-11-13-6-4-5-7-14(13)20-10-9-17-12-20;/h3-7,9-10,12H,1,8,11H2,2H3,(H2,16,18,19);1H. The highest BCUT2D eigenvalue weighted by molar-refractivity contribution is 14.0. The molecule has 0 radical (unpaired) electrons. The normalized spacial score (nSPS) is 10.6. The molecule has 0 bridgehead atoms. The zero-order valence-electron chi connectivity index (χ0n) is 12.0. The summed E-state index contributed by atoms with van der Waals surface area (Å²) in [5.41, 5.74) is 2.28.